The van der Waals surface area contributed by atoms with Crippen LogP contribution in [0.4, 0.5) is 5.69 Å². The van der Waals surface area contributed by atoms with Gasteiger partial charge in [0.2, 0.25) is 10.0 Å². The zero-order chi connectivity index (χ0) is 16.3. The van der Waals surface area contributed by atoms with Crippen molar-refractivity contribution in [3.63, 3.8) is 0 Å². The Morgan fingerprint density at radius 2 is 1.82 bits per heavy atom. The molecule has 1 aromatic rings. The van der Waals surface area contributed by atoms with Crippen molar-refractivity contribution < 1.29 is 22.7 Å². The lowest BCUT2D eigenvalue weighted by molar-refractivity contribution is -0.148. The Hall–Kier alpha value is -1.93. The first-order valence-electron chi connectivity index (χ1n) is 6.80. The van der Waals surface area contributed by atoms with Crippen LogP contribution < -0.4 is 5.32 Å². The van der Waals surface area contributed by atoms with Crippen molar-refractivity contribution in [2.75, 3.05) is 26.0 Å². The molecule has 1 aromatic carbocycles. The predicted molar refractivity (Wildman–Crippen MR) is 79.6 cm³/mol. The van der Waals surface area contributed by atoms with E-state index in [9.17, 15) is 18.0 Å². The van der Waals surface area contributed by atoms with Crippen LogP contribution in [0.1, 0.15) is 12.8 Å². The van der Waals surface area contributed by atoms with E-state index in [4.69, 9.17) is 4.74 Å². The van der Waals surface area contributed by atoms with Gasteiger partial charge in [-0.1, -0.05) is 0 Å². The minimum Gasteiger partial charge on any atom is -0.455 e. The van der Waals surface area contributed by atoms with Gasteiger partial charge in [0, 0.05) is 19.8 Å². The Labute approximate surface area is 129 Å². The van der Waals surface area contributed by atoms with Crippen LogP contribution in [0.25, 0.3) is 0 Å². The molecular formula is C14H18N2O5S. The lowest BCUT2D eigenvalue weighted by Gasteiger charge is -2.12. The maximum Gasteiger partial charge on any atom is 0.309 e. The molecular weight excluding hydrogens is 308 g/mol. The summed E-state index contributed by atoms with van der Waals surface area (Å²) < 4.78 is 29.8. The summed E-state index contributed by atoms with van der Waals surface area (Å²) in [5, 5.41) is 2.54. The molecule has 0 heterocycles. The molecule has 1 aliphatic rings. The van der Waals surface area contributed by atoms with Crippen LogP contribution in [0.2, 0.25) is 0 Å². The van der Waals surface area contributed by atoms with Crippen molar-refractivity contribution in [3.8, 4) is 0 Å². The predicted octanol–water partition coefficient (Wildman–Crippen LogP) is 0.829. The molecule has 0 spiro atoms. The molecule has 0 aromatic heterocycles. The van der Waals surface area contributed by atoms with Crippen LogP contribution in [-0.4, -0.2) is 45.3 Å². The first-order chi connectivity index (χ1) is 10.3. The van der Waals surface area contributed by atoms with E-state index in [0.29, 0.717) is 5.69 Å². The highest BCUT2D eigenvalue weighted by Crippen LogP contribution is 2.29. The average molecular weight is 326 g/mol. The van der Waals surface area contributed by atoms with E-state index in [1.807, 2.05) is 0 Å². The fourth-order valence-electron chi connectivity index (χ4n) is 1.69. The lowest BCUT2D eigenvalue weighted by atomic mass is 10.3. The second-order valence-corrected chi connectivity index (χ2v) is 7.39. The van der Waals surface area contributed by atoms with Crippen molar-refractivity contribution >= 4 is 27.6 Å². The van der Waals surface area contributed by atoms with Gasteiger partial charge in [-0.15, -0.1) is 0 Å². The molecule has 120 valence electrons. The molecule has 0 saturated heterocycles. The molecule has 1 aliphatic carbocycles. The summed E-state index contributed by atoms with van der Waals surface area (Å²) in [4.78, 5) is 23.1. The van der Waals surface area contributed by atoms with Crippen LogP contribution in [0.5, 0.6) is 0 Å². The second-order valence-electron chi connectivity index (χ2n) is 5.24. The number of nitrogens with one attached hydrogen (secondary N) is 1. The van der Waals surface area contributed by atoms with Crippen molar-refractivity contribution in [3.05, 3.63) is 24.3 Å². The first kappa shape index (κ1) is 16.4. The summed E-state index contributed by atoms with van der Waals surface area (Å²) in [5.41, 5.74) is 0.435. The maximum atomic E-state index is 11.9. The Bertz CT molecular complexity index is 663. The van der Waals surface area contributed by atoms with Gasteiger partial charge in [-0.05, 0) is 37.1 Å². The molecule has 7 nitrogen and oxygen atoms in total. The summed E-state index contributed by atoms with van der Waals surface area (Å²) in [5.74, 6) is -0.858. The van der Waals surface area contributed by atoms with E-state index in [1.165, 1.54) is 38.4 Å². The largest absolute Gasteiger partial charge is 0.455 e. The number of esters is 1. The zero-order valence-corrected chi connectivity index (χ0v) is 13.2. The molecule has 8 heteroatoms. The van der Waals surface area contributed by atoms with Gasteiger partial charge in [0.15, 0.2) is 6.61 Å². The number of anilines is 1. The third-order valence-corrected chi connectivity index (χ3v) is 5.00. The molecule has 0 aliphatic heterocycles. The monoisotopic (exact) mass is 326 g/mol. The molecule has 0 atom stereocenters. The van der Waals surface area contributed by atoms with Gasteiger partial charge in [0.05, 0.1) is 10.8 Å². The number of hydrogen-bond acceptors (Lipinski definition) is 5. The van der Waals surface area contributed by atoms with Gasteiger partial charge >= 0.3 is 5.97 Å². The number of ether oxygens (including phenoxy) is 1. The molecule has 2 rings (SSSR count). The lowest BCUT2D eigenvalue weighted by Crippen LogP contribution is -2.23. The number of nitrogens with zero attached hydrogens (tertiary/aromatic N) is 1. The first-order valence-corrected chi connectivity index (χ1v) is 8.24. The third-order valence-electron chi connectivity index (χ3n) is 3.17. The van der Waals surface area contributed by atoms with Crippen LogP contribution in [0.3, 0.4) is 0 Å². The summed E-state index contributed by atoms with van der Waals surface area (Å²) in [7, 11) is -0.608. The highest BCUT2D eigenvalue weighted by molar-refractivity contribution is 7.89. The summed E-state index contributed by atoms with van der Waals surface area (Å²) in [6.45, 7) is -0.340. The van der Waals surface area contributed by atoms with E-state index in [-0.39, 0.29) is 23.4 Å². The summed E-state index contributed by atoms with van der Waals surface area (Å²) in [6, 6.07) is 5.77. The summed E-state index contributed by atoms with van der Waals surface area (Å²) in [6.07, 6.45) is 1.64. The molecule has 0 bridgehead atoms. The Morgan fingerprint density at radius 3 is 2.32 bits per heavy atom. The zero-order valence-electron chi connectivity index (χ0n) is 12.4. The second kappa shape index (κ2) is 6.45. The van der Waals surface area contributed by atoms with Gasteiger partial charge in [-0.3, -0.25) is 9.59 Å². The van der Waals surface area contributed by atoms with E-state index in [2.05, 4.69) is 5.32 Å². The van der Waals surface area contributed by atoms with E-state index in [1.54, 1.807) is 0 Å². The van der Waals surface area contributed by atoms with Crippen molar-refractivity contribution in [1.29, 1.82) is 0 Å². The number of amides is 1. The van der Waals surface area contributed by atoms with Crippen LogP contribution in [0, 0.1) is 5.92 Å². The van der Waals surface area contributed by atoms with Crippen LogP contribution in [-0.2, 0) is 24.3 Å². The van der Waals surface area contributed by atoms with Crippen molar-refractivity contribution in [2.45, 2.75) is 17.7 Å². The normalized spacial score (nSPS) is 14.7. The van der Waals surface area contributed by atoms with E-state index in [0.717, 1.165) is 17.1 Å². The van der Waals surface area contributed by atoms with Gasteiger partial charge in [-0.25, -0.2) is 12.7 Å². The van der Waals surface area contributed by atoms with Crippen molar-refractivity contribution in [1.82, 2.24) is 4.31 Å². The number of benzene rings is 1. The quantitative estimate of drug-likeness (QED) is 0.782. The molecule has 1 fully saturated rings. The highest BCUT2D eigenvalue weighted by atomic mass is 32.2. The number of hydrogen-bond donors (Lipinski definition) is 1. The third kappa shape index (κ3) is 4.05. The van der Waals surface area contributed by atoms with Crippen LogP contribution in [0.15, 0.2) is 29.2 Å². The number of rotatable bonds is 6. The Morgan fingerprint density at radius 1 is 1.23 bits per heavy atom. The van der Waals surface area contributed by atoms with Gasteiger partial charge < -0.3 is 10.1 Å². The highest BCUT2D eigenvalue weighted by Gasteiger charge is 2.31. The SMILES string of the molecule is CN(C)S(=O)(=O)c1ccc(NC(=O)COC(=O)C2CC2)cc1. The topological polar surface area (TPSA) is 92.8 Å². The Balaban J connectivity index is 1.90. The number of carbonyl (C=O) groups excluding carboxylic acids is 2. The minimum absolute atomic E-state index is 0.0525. The van der Waals surface area contributed by atoms with E-state index >= 15 is 0 Å². The molecule has 0 radical (unpaired) electrons. The van der Waals surface area contributed by atoms with E-state index < -0.39 is 15.9 Å². The molecule has 0 unspecified atom stereocenters. The van der Waals surface area contributed by atoms with Crippen LogP contribution >= 0.6 is 0 Å². The minimum atomic E-state index is -3.49. The molecule has 1 N–H and O–H groups in total. The fraction of sp³-hybridized carbons (Fsp3) is 0.429. The summed E-state index contributed by atoms with van der Waals surface area (Å²) >= 11 is 0. The van der Waals surface area contributed by atoms with Gasteiger partial charge in [0.1, 0.15) is 0 Å². The fourth-order valence-corrected chi connectivity index (χ4v) is 2.59. The number of carbonyl (C=O) groups is 2. The maximum absolute atomic E-state index is 11.9. The Kier molecular flexibility index (Phi) is 4.82. The van der Waals surface area contributed by atoms with Crippen molar-refractivity contribution in [2.24, 2.45) is 5.92 Å². The van der Waals surface area contributed by atoms with Gasteiger partial charge in [-0.2, -0.15) is 0 Å². The molecule has 22 heavy (non-hydrogen) atoms. The molecule has 1 amide bonds. The van der Waals surface area contributed by atoms with Gasteiger partial charge in [0.25, 0.3) is 5.91 Å². The molecule has 1 saturated carbocycles. The smallest absolute Gasteiger partial charge is 0.309 e. The standard InChI is InChI=1S/C14H18N2O5S/c1-16(2)22(19,20)12-7-5-11(6-8-12)15-13(17)9-21-14(18)10-3-4-10/h5-8,10H,3-4,9H2,1-2H3,(H,15,17). The average Bonchev–Trinajstić information content (AvgIpc) is 3.30. The number of sulfonamides is 1.